The summed E-state index contributed by atoms with van der Waals surface area (Å²) in [6.07, 6.45) is 0.657. The number of rotatable bonds is 6. The molecule has 1 atom stereocenters. The number of hydrogen-bond acceptors (Lipinski definition) is 6. The molecule has 4 rings (SSSR count). The van der Waals surface area contributed by atoms with Gasteiger partial charge < -0.3 is 14.8 Å². The Bertz CT molecular complexity index is 964. The summed E-state index contributed by atoms with van der Waals surface area (Å²) < 4.78 is 25.6. The summed E-state index contributed by atoms with van der Waals surface area (Å²) in [5, 5.41) is 2.62. The molecule has 1 N–H and O–H groups in total. The zero-order chi connectivity index (χ0) is 21.8. The number of amides is 2. The van der Waals surface area contributed by atoms with Crippen LogP contribution in [0.4, 0.5) is 14.9 Å². The van der Waals surface area contributed by atoms with E-state index >= 15 is 0 Å². The van der Waals surface area contributed by atoms with Gasteiger partial charge in [-0.05, 0) is 35.9 Å². The van der Waals surface area contributed by atoms with Crippen molar-refractivity contribution in [3.8, 4) is 11.1 Å². The molecule has 164 valence electrons. The van der Waals surface area contributed by atoms with Gasteiger partial charge in [0.25, 0.3) is 0 Å². The van der Waals surface area contributed by atoms with E-state index in [0.717, 1.165) is 24.3 Å². The predicted octanol–water partition coefficient (Wildman–Crippen LogP) is 2.18. The minimum absolute atomic E-state index is 0.199. The Balaban J connectivity index is 1.47. The average molecular weight is 428 g/mol. The van der Waals surface area contributed by atoms with Crippen LogP contribution in [-0.2, 0) is 20.8 Å². The van der Waals surface area contributed by atoms with Crippen LogP contribution in [-0.4, -0.2) is 67.4 Å². The number of aromatic nitrogens is 1. The van der Waals surface area contributed by atoms with Crippen molar-refractivity contribution in [1.82, 2.24) is 15.2 Å². The maximum Gasteiger partial charge on any atom is 0.414 e. The number of halogens is 1. The first kappa shape index (κ1) is 21.2. The molecule has 2 aliphatic heterocycles. The van der Waals surface area contributed by atoms with E-state index in [1.807, 2.05) is 6.07 Å². The fourth-order valence-corrected chi connectivity index (χ4v) is 3.72. The van der Waals surface area contributed by atoms with E-state index in [-0.39, 0.29) is 19.0 Å². The van der Waals surface area contributed by atoms with Crippen LogP contribution in [0.5, 0.6) is 0 Å². The fourth-order valence-electron chi connectivity index (χ4n) is 3.72. The fraction of sp³-hybridized carbons (Fsp3) is 0.409. The molecule has 1 unspecified atom stereocenters. The van der Waals surface area contributed by atoms with Gasteiger partial charge in [-0.15, -0.1) is 0 Å². The summed E-state index contributed by atoms with van der Waals surface area (Å²) >= 11 is 0. The Morgan fingerprint density at radius 1 is 1.26 bits per heavy atom. The number of morpholine rings is 1. The summed E-state index contributed by atoms with van der Waals surface area (Å²) in [7, 11) is 0. The summed E-state index contributed by atoms with van der Waals surface area (Å²) in [5.74, 6) is -0.630. The predicted molar refractivity (Wildman–Crippen MR) is 112 cm³/mol. The van der Waals surface area contributed by atoms with E-state index < -0.39 is 18.0 Å². The van der Waals surface area contributed by atoms with Gasteiger partial charge in [0.1, 0.15) is 11.9 Å². The molecule has 0 saturated carbocycles. The number of carbonyl (C=O) groups excluding carboxylic acids is 2. The highest BCUT2D eigenvalue weighted by molar-refractivity contribution is 5.90. The molecule has 3 heterocycles. The normalized spacial score (nSPS) is 19.4. The van der Waals surface area contributed by atoms with Crippen LogP contribution in [0.15, 0.2) is 36.5 Å². The van der Waals surface area contributed by atoms with Gasteiger partial charge in [-0.2, -0.15) is 0 Å². The lowest BCUT2D eigenvalue weighted by Crippen LogP contribution is -2.35. The topological polar surface area (TPSA) is 84.0 Å². The second-order valence-corrected chi connectivity index (χ2v) is 7.64. The van der Waals surface area contributed by atoms with Crippen molar-refractivity contribution < 1.29 is 23.5 Å². The smallest absolute Gasteiger partial charge is 0.414 e. The van der Waals surface area contributed by atoms with Crippen molar-refractivity contribution in [3.63, 3.8) is 0 Å². The number of nitrogens with one attached hydrogen (secondary N) is 1. The second-order valence-electron chi connectivity index (χ2n) is 7.64. The standard InChI is InChI=1S/C22H25FN4O4/c1-15(28)25-12-19-14-27(22(29)31-19)18-2-3-20(21(23)11-18)16-4-5-24-17(10-16)13-26-6-8-30-9-7-26/h2-5,10-11,19H,6-9,12-14H2,1H3,(H,25,28). The Labute approximate surface area is 179 Å². The van der Waals surface area contributed by atoms with Crippen molar-refractivity contribution in [1.29, 1.82) is 0 Å². The molecule has 31 heavy (non-hydrogen) atoms. The number of cyclic esters (lactones) is 1. The van der Waals surface area contributed by atoms with E-state index in [1.54, 1.807) is 24.4 Å². The van der Waals surface area contributed by atoms with E-state index in [2.05, 4.69) is 15.2 Å². The average Bonchev–Trinajstić information content (AvgIpc) is 3.14. The number of nitrogens with zero attached hydrogens (tertiary/aromatic N) is 3. The summed E-state index contributed by atoms with van der Waals surface area (Å²) in [6, 6.07) is 8.35. The molecule has 0 bridgehead atoms. The number of carbonyl (C=O) groups is 2. The third-order valence-electron chi connectivity index (χ3n) is 5.33. The third kappa shape index (κ3) is 5.18. The van der Waals surface area contributed by atoms with Crippen LogP contribution in [0, 0.1) is 5.82 Å². The number of anilines is 1. The first-order valence-electron chi connectivity index (χ1n) is 10.3. The van der Waals surface area contributed by atoms with Crippen LogP contribution < -0.4 is 10.2 Å². The zero-order valence-electron chi connectivity index (χ0n) is 17.3. The second kappa shape index (κ2) is 9.40. The molecule has 1 aromatic carbocycles. The lowest BCUT2D eigenvalue weighted by Gasteiger charge is -2.26. The minimum atomic E-state index is -0.556. The monoisotopic (exact) mass is 428 g/mol. The largest absolute Gasteiger partial charge is 0.442 e. The van der Waals surface area contributed by atoms with Crippen LogP contribution >= 0.6 is 0 Å². The molecule has 0 spiro atoms. The number of benzene rings is 1. The van der Waals surface area contributed by atoms with Gasteiger partial charge in [0.2, 0.25) is 5.91 Å². The SMILES string of the molecule is CC(=O)NCC1CN(c2ccc(-c3ccnc(CN4CCOCC4)c3)c(F)c2)C(=O)O1. The molecule has 2 aromatic rings. The van der Waals surface area contributed by atoms with Gasteiger partial charge in [0.05, 0.1) is 37.7 Å². The molecular formula is C22H25FN4O4. The Morgan fingerprint density at radius 2 is 2.06 bits per heavy atom. The summed E-state index contributed by atoms with van der Waals surface area (Å²) in [5.41, 5.74) is 2.46. The van der Waals surface area contributed by atoms with E-state index in [4.69, 9.17) is 9.47 Å². The van der Waals surface area contributed by atoms with Crippen molar-refractivity contribution in [2.24, 2.45) is 0 Å². The zero-order valence-corrected chi connectivity index (χ0v) is 17.3. The van der Waals surface area contributed by atoms with Gasteiger partial charge in [-0.1, -0.05) is 0 Å². The molecule has 1 aromatic heterocycles. The number of hydrogen-bond donors (Lipinski definition) is 1. The maximum atomic E-state index is 15.0. The van der Waals surface area contributed by atoms with Crippen molar-refractivity contribution in [2.45, 2.75) is 19.6 Å². The van der Waals surface area contributed by atoms with Gasteiger partial charge in [0.15, 0.2) is 0 Å². The highest BCUT2D eigenvalue weighted by Crippen LogP contribution is 2.29. The Hall–Kier alpha value is -3.04. The summed E-state index contributed by atoms with van der Waals surface area (Å²) in [6.45, 7) is 5.67. The maximum absolute atomic E-state index is 15.0. The number of pyridine rings is 1. The van der Waals surface area contributed by atoms with Gasteiger partial charge in [-0.25, -0.2) is 9.18 Å². The minimum Gasteiger partial charge on any atom is -0.442 e. The lowest BCUT2D eigenvalue weighted by molar-refractivity contribution is -0.119. The highest BCUT2D eigenvalue weighted by atomic mass is 19.1. The molecule has 8 nitrogen and oxygen atoms in total. The number of ether oxygens (including phenoxy) is 2. The Kier molecular flexibility index (Phi) is 6.43. The first-order valence-corrected chi connectivity index (χ1v) is 10.3. The molecule has 2 saturated heterocycles. The van der Waals surface area contributed by atoms with Crippen molar-refractivity contribution >= 4 is 17.7 Å². The molecule has 0 aliphatic carbocycles. The van der Waals surface area contributed by atoms with Gasteiger partial charge in [0, 0.05) is 38.3 Å². The van der Waals surface area contributed by atoms with Crippen LogP contribution in [0.2, 0.25) is 0 Å². The molecule has 2 aliphatic rings. The molecular weight excluding hydrogens is 403 g/mol. The highest BCUT2D eigenvalue weighted by Gasteiger charge is 2.32. The quantitative estimate of drug-likeness (QED) is 0.759. The first-order chi connectivity index (χ1) is 15.0. The van der Waals surface area contributed by atoms with Crippen molar-refractivity contribution in [3.05, 3.63) is 48.0 Å². The lowest BCUT2D eigenvalue weighted by atomic mass is 10.0. The summed E-state index contributed by atoms with van der Waals surface area (Å²) in [4.78, 5) is 31.3. The molecule has 0 radical (unpaired) electrons. The molecule has 2 fully saturated rings. The van der Waals surface area contributed by atoms with Crippen molar-refractivity contribution in [2.75, 3.05) is 44.3 Å². The third-order valence-corrected chi connectivity index (χ3v) is 5.33. The van der Waals surface area contributed by atoms with E-state index in [0.29, 0.717) is 31.0 Å². The Morgan fingerprint density at radius 3 is 2.81 bits per heavy atom. The van der Waals surface area contributed by atoms with Gasteiger partial charge >= 0.3 is 6.09 Å². The van der Waals surface area contributed by atoms with Crippen LogP contribution in [0.3, 0.4) is 0 Å². The van der Waals surface area contributed by atoms with Crippen LogP contribution in [0.1, 0.15) is 12.6 Å². The molecule has 2 amide bonds. The molecule has 9 heteroatoms. The van der Waals surface area contributed by atoms with E-state index in [9.17, 15) is 14.0 Å². The van der Waals surface area contributed by atoms with Gasteiger partial charge in [-0.3, -0.25) is 19.6 Å². The van der Waals surface area contributed by atoms with Crippen LogP contribution in [0.25, 0.3) is 11.1 Å². The van der Waals surface area contributed by atoms with E-state index in [1.165, 1.54) is 17.9 Å².